The predicted octanol–water partition coefficient (Wildman–Crippen LogP) is 2.95. The smallest absolute Gasteiger partial charge is 0.211 e. The summed E-state index contributed by atoms with van der Waals surface area (Å²) in [5, 5.41) is 1.32. The minimum atomic E-state index is 0.203. The van der Waals surface area contributed by atoms with E-state index in [9.17, 15) is 0 Å². The van der Waals surface area contributed by atoms with Gasteiger partial charge in [-0.3, -0.25) is 0 Å². The molecule has 0 atom stereocenters. The van der Waals surface area contributed by atoms with Crippen molar-refractivity contribution < 1.29 is 4.98 Å². The average molecular weight is 186 g/mol. The Morgan fingerprint density at radius 1 is 1.00 bits per heavy atom. The fourth-order valence-electron chi connectivity index (χ4n) is 1.81. The van der Waals surface area contributed by atoms with Gasteiger partial charge in [0, 0.05) is 17.5 Å². The van der Waals surface area contributed by atoms with Crippen molar-refractivity contribution in [2.75, 3.05) is 0 Å². The molecule has 0 aliphatic carbocycles. The molecule has 0 fully saturated rings. The van der Waals surface area contributed by atoms with Gasteiger partial charge in [-0.25, -0.2) is 4.98 Å². The third-order valence-corrected chi connectivity index (χ3v) is 2.51. The summed E-state index contributed by atoms with van der Waals surface area (Å²) in [5.74, 6) is 0. The third-order valence-electron chi connectivity index (χ3n) is 2.51. The Bertz CT molecular complexity index is 447. The minimum absolute atomic E-state index is 0.203. The van der Waals surface area contributed by atoms with Crippen LogP contribution >= 0.6 is 0 Å². The largest absolute Gasteiger partial charge is 0.211 e. The molecule has 0 amide bonds. The van der Waals surface area contributed by atoms with Crippen LogP contribution in [0.4, 0.5) is 0 Å². The molecule has 14 heavy (non-hydrogen) atoms. The van der Waals surface area contributed by atoms with Crippen LogP contribution in [0.15, 0.2) is 36.5 Å². The number of hydrogen-bond acceptors (Lipinski definition) is 0. The molecular formula is C13H16N+. The number of aromatic amines is 1. The Labute approximate surface area is 84.8 Å². The van der Waals surface area contributed by atoms with E-state index in [1.165, 1.54) is 16.5 Å². The third kappa shape index (κ3) is 1.50. The molecule has 1 heteroatoms. The molecule has 0 bridgehead atoms. The zero-order valence-electron chi connectivity index (χ0n) is 8.96. The molecule has 0 unspecified atom stereocenters. The molecular weight excluding hydrogens is 170 g/mol. The second-order valence-electron chi connectivity index (χ2n) is 4.69. The van der Waals surface area contributed by atoms with E-state index in [-0.39, 0.29) is 5.41 Å². The molecule has 1 aromatic heterocycles. The van der Waals surface area contributed by atoms with Crippen molar-refractivity contribution >= 4 is 10.9 Å². The van der Waals surface area contributed by atoms with Crippen LogP contribution in [0.1, 0.15) is 26.3 Å². The van der Waals surface area contributed by atoms with Gasteiger partial charge in [0.2, 0.25) is 5.52 Å². The van der Waals surface area contributed by atoms with Crippen LogP contribution in [0.2, 0.25) is 0 Å². The van der Waals surface area contributed by atoms with Crippen LogP contribution in [0.5, 0.6) is 0 Å². The maximum absolute atomic E-state index is 3.26. The predicted molar refractivity (Wildman–Crippen MR) is 59.2 cm³/mol. The van der Waals surface area contributed by atoms with E-state index >= 15 is 0 Å². The fourth-order valence-corrected chi connectivity index (χ4v) is 1.81. The summed E-state index contributed by atoms with van der Waals surface area (Å²) in [4.78, 5) is 3.26. The molecule has 1 heterocycles. The SMILES string of the molecule is CC(C)(C)c1cccc2[nH+]cccc12. The van der Waals surface area contributed by atoms with E-state index in [0.29, 0.717) is 0 Å². The number of rotatable bonds is 0. The van der Waals surface area contributed by atoms with Crippen molar-refractivity contribution in [3.05, 3.63) is 42.1 Å². The number of aromatic nitrogens is 1. The lowest BCUT2D eigenvalue weighted by atomic mass is 9.84. The Morgan fingerprint density at radius 2 is 1.79 bits per heavy atom. The normalized spacial score (nSPS) is 11.9. The van der Waals surface area contributed by atoms with Gasteiger partial charge in [0.15, 0.2) is 6.20 Å². The number of fused-ring (bicyclic) bond motifs is 1. The van der Waals surface area contributed by atoms with Crippen LogP contribution in [-0.2, 0) is 5.41 Å². The molecule has 2 rings (SSSR count). The maximum atomic E-state index is 3.26. The second kappa shape index (κ2) is 3.09. The second-order valence-corrected chi connectivity index (χ2v) is 4.69. The van der Waals surface area contributed by atoms with E-state index in [1.54, 1.807) is 0 Å². The molecule has 0 saturated carbocycles. The lowest BCUT2D eigenvalue weighted by molar-refractivity contribution is -0.344. The van der Waals surface area contributed by atoms with E-state index in [1.807, 2.05) is 6.20 Å². The first-order valence-corrected chi connectivity index (χ1v) is 4.99. The van der Waals surface area contributed by atoms with Gasteiger partial charge >= 0.3 is 0 Å². The average Bonchev–Trinajstić information content (AvgIpc) is 2.15. The van der Waals surface area contributed by atoms with Crippen molar-refractivity contribution in [3.63, 3.8) is 0 Å². The Hall–Kier alpha value is -1.37. The standard InChI is InChI=1S/C13H15N/c1-13(2,3)11-7-4-8-12-10(11)6-5-9-14-12/h4-9H,1-3H3/p+1. The van der Waals surface area contributed by atoms with Gasteiger partial charge < -0.3 is 0 Å². The van der Waals surface area contributed by atoms with E-state index in [0.717, 1.165) is 0 Å². The minimum Gasteiger partial charge on any atom is -0.211 e. The maximum Gasteiger partial charge on any atom is 0.211 e. The zero-order chi connectivity index (χ0) is 10.2. The summed E-state index contributed by atoms with van der Waals surface area (Å²) in [6.45, 7) is 6.73. The molecule has 0 spiro atoms. The van der Waals surface area contributed by atoms with Gasteiger partial charge in [0.05, 0.1) is 0 Å². The molecule has 0 radical (unpaired) electrons. The molecule has 1 nitrogen and oxygen atoms in total. The number of H-pyrrole nitrogens is 1. The highest BCUT2D eigenvalue weighted by molar-refractivity contribution is 5.80. The van der Waals surface area contributed by atoms with Crippen LogP contribution in [0.3, 0.4) is 0 Å². The summed E-state index contributed by atoms with van der Waals surface area (Å²) >= 11 is 0. The fraction of sp³-hybridized carbons (Fsp3) is 0.308. The van der Waals surface area contributed by atoms with Crippen LogP contribution in [0, 0.1) is 0 Å². The highest BCUT2D eigenvalue weighted by atomic mass is 14.6. The first kappa shape index (κ1) is 9.20. The molecule has 72 valence electrons. The van der Waals surface area contributed by atoms with Crippen molar-refractivity contribution in [2.45, 2.75) is 26.2 Å². The lowest BCUT2D eigenvalue weighted by Gasteiger charge is -2.19. The van der Waals surface area contributed by atoms with Gasteiger partial charge in [-0.05, 0) is 17.0 Å². The molecule has 1 N–H and O–H groups in total. The summed E-state index contributed by atoms with van der Waals surface area (Å²) < 4.78 is 0. The van der Waals surface area contributed by atoms with Crippen molar-refractivity contribution in [3.8, 4) is 0 Å². The molecule has 0 aliphatic rings. The van der Waals surface area contributed by atoms with Crippen molar-refractivity contribution in [1.82, 2.24) is 0 Å². The Balaban J connectivity index is 2.78. The zero-order valence-corrected chi connectivity index (χ0v) is 8.96. The monoisotopic (exact) mass is 186 g/mol. The highest BCUT2D eigenvalue weighted by Crippen LogP contribution is 2.27. The molecule has 2 aromatic rings. The van der Waals surface area contributed by atoms with Gasteiger partial charge in [0.25, 0.3) is 0 Å². The number of hydrogen-bond donors (Lipinski definition) is 0. The summed E-state index contributed by atoms with van der Waals surface area (Å²) in [7, 11) is 0. The van der Waals surface area contributed by atoms with E-state index < -0.39 is 0 Å². The van der Waals surface area contributed by atoms with Crippen LogP contribution in [-0.4, -0.2) is 0 Å². The molecule has 0 aliphatic heterocycles. The molecule has 0 saturated heterocycles. The Kier molecular flexibility index (Phi) is 2.03. The summed E-state index contributed by atoms with van der Waals surface area (Å²) in [5.41, 5.74) is 2.81. The van der Waals surface area contributed by atoms with Crippen LogP contribution < -0.4 is 4.98 Å². The van der Waals surface area contributed by atoms with Gasteiger partial charge in [-0.2, -0.15) is 0 Å². The Morgan fingerprint density at radius 3 is 2.50 bits per heavy atom. The summed E-state index contributed by atoms with van der Waals surface area (Å²) in [6.07, 6.45) is 1.97. The van der Waals surface area contributed by atoms with Crippen molar-refractivity contribution in [2.24, 2.45) is 0 Å². The summed E-state index contributed by atoms with van der Waals surface area (Å²) in [6, 6.07) is 10.7. The number of nitrogens with one attached hydrogen (secondary N) is 1. The highest BCUT2D eigenvalue weighted by Gasteiger charge is 2.17. The number of benzene rings is 1. The first-order valence-electron chi connectivity index (χ1n) is 4.99. The van der Waals surface area contributed by atoms with Gasteiger partial charge in [-0.15, -0.1) is 0 Å². The topological polar surface area (TPSA) is 14.1 Å². The quantitative estimate of drug-likeness (QED) is 0.600. The number of pyridine rings is 1. The van der Waals surface area contributed by atoms with Crippen LogP contribution in [0.25, 0.3) is 10.9 Å². The van der Waals surface area contributed by atoms with Gasteiger partial charge in [-0.1, -0.05) is 32.9 Å². The van der Waals surface area contributed by atoms with Gasteiger partial charge in [0.1, 0.15) is 0 Å². The van der Waals surface area contributed by atoms with E-state index in [2.05, 4.69) is 56.1 Å². The van der Waals surface area contributed by atoms with E-state index in [4.69, 9.17) is 0 Å². The van der Waals surface area contributed by atoms with Crippen molar-refractivity contribution in [1.29, 1.82) is 0 Å². The lowest BCUT2D eigenvalue weighted by Crippen LogP contribution is -2.13. The molecule has 1 aromatic carbocycles. The first-order chi connectivity index (χ1) is 6.59.